The van der Waals surface area contributed by atoms with Crippen molar-refractivity contribution in [2.24, 2.45) is 10.9 Å². The van der Waals surface area contributed by atoms with Crippen molar-refractivity contribution in [2.45, 2.75) is 32.4 Å². The number of nitrogens with zero attached hydrogens (tertiary/aromatic N) is 2. The van der Waals surface area contributed by atoms with E-state index in [1.165, 1.54) is 5.56 Å². The molecule has 0 saturated carbocycles. The molecule has 1 aromatic rings. The highest BCUT2D eigenvalue weighted by atomic mass is 32.2. The average Bonchev–Trinajstić information content (AvgIpc) is 2.86. The third-order valence-electron chi connectivity index (χ3n) is 3.70. The number of thioether (sulfide) groups is 1. The Kier molecular flexibility index (Phi) is 6.12. The number of hydrogen-bond donors (Lipinski definition) is 1. The molecule has 0 amide bonds. The van der Waals surface area contributed by atoms with Crippen LogP contribution >= 0.6 is 11.8 Å². The van der Waals surface area contributed by atoms with E-state index in [1.807, 2.05) is 11.8 Å². The Morgan fingerprint density at radius 1 is 1.29 bits per heavy atom. The molecule has 0 aromatic heterocycles. The van der Waals surface area contributed by atoms with E-state index in [9.17, 15) is 0 Å². The summed E-state index contributed by atoms with van der Waals surface area (Å²) < 4.78 is 0. The van der Waals surface area contributed by atoms with Crippen LogP contribution < -0.4 is 5.32 Å². The summed E-state index contributed by atoms with van der Waals surface area (Å²) in [6, 6.07) is 11.5. The van der Waals surface area contributed by atoms with Gasteiger partial charge in [0.2, 0.25) is 0 Å². The van der Waals surface area contributed by atoms with Gasteiger partial charge in [-0.1, -0.05) is 55.9 Å². The van der Waals surface area contributed by atoms with Gasteiger partial charge in [-0.3, -0.25) is 4.99 Å². The predicted octanol–water partition coefficient (Wildman–Crippen LogP) is 2.88. The smallest absolute Gasteiger partial charge is 0.157 e. The maximum atomic E-state index is 4.86. The molecular weight excluding hydrogens is 278 g/mol. The number of likely N-dealkylation sites (N-methyl/N-ethyl adjacent to an activating group) is 1. The first-order valence-electron chi connectivity index (χ1n) is 7.70. The van der Waals surface area contributed by atoms with Gasteiger partial charge in [0.25, 0.3) is 0 Å². The predicted molar refractivity (Wildman–Crippen MR) is 94.1 cm³/mol. The van der Waals surface area contributed by atoms with Gasteiger partial charge in [-0.2, -0.15) is 0 Å². The lowest BCUT2D eigenvalue weighted by atomic mass is 10.0. The minimum atomic E-state index is 0.409. The maximum Gasteiger partial charge on any atom is 0.157 e. The first-order valence-corrected chi connectivity index (χ1v) is 8.69. The van der Waals surface area contributed by atoms with Gasteiger partial charge < -0.3 is 10.2 Å². The van der Waals surface area contributed by atoms with Crippen molar-refractivity contribution in [1.82, 2.24) is 10.2 Å². The second-order valence-corrected chi connectivity index (χ2v) is 7.35. The molecule has 21 heavy (non-hydrogen) atoms. The van der Waals surface area contributed by atoms with E-state index in [0.717, 1.165) is 23.9 Å². The van der Waals surface area contributed by atoms with E-state index in [0.29, 0.717) is 18.0 Å². The highest BCUT2D eigenvalue weighted by Crippen LogP contribution is 2.21. The highest BCUT2D eigenvalue weighted by Gasteiger charge is 2.22. The molecule has 2 atom stereocenters. The molecule has 4 heteroatoms. The lowest BCUT2D eigenvalue weighted by Gasteiger charge is -2.26. The molecule has 0 aliphatic carbocycles. The molecule has 3 nitrogen and oxygen atoms in total. The third kappa shape index (κ3) is 5.36. The minimum Gasteiger partial charge on any atom is -0.361 e. The van der Waals surface area contributed by atoms with E-state index >= 15 is 0 Å². The summed E-state index contributed by atoms with van der Waals surface area (Å²) in [4.78, 5) is 7.10. The van der Waals surface area contributed by atoms with E-state index in [2.05, 4.69) is 68.5 Å². The van der Waals surface area contributed by atoms with Crippen LogP contribution in [0.3, 0.4) is 0 Å². The van der Waals surface area contributed by atoms with Gasteiger partial charge in [-0.15, -0.1) is 0 Å². The van der Waals surface area contributed by atoms with Crippen molar-refractivity contribution in [3.05, 3.63) is 35.9 Å². The van der Waals surface area contributed by atoms with E-state index in [4.69, 9.17) is 4.99 Å². The van der Waals surface area contributed by atoms with Crippen LogP contribution in [0, 0.1) is 5.92 Å². The molecular formula is C17H27N3S. The van der Waals surface area contributed by atoms with Crippen LogP contribution in [-0.4, -0.2) is 48.5 Å². The van der Waals surface area contributed by atoms with Crippen LogP contribution in [0.25, 0.3) is 0 Å². The molecule has 116 valence electrons. The Hall–Kier alpha value is -1.00. The number of aliphatic imine (C=N–C) groups is 1. The Balaban J connectivity index is 1.90. The molecule has 0 saturated heterocycles. The molecule has 2 rings (SSSR count). The van der Waals surface area contributed by atoms with Crippen LogP contribution in [-0.2, 0) is 6.42 Å². The zero-order chi connectivity index (χ0) is 15.2. The average molecular weight is 305 g/mol. The summed E-state index contributed by atoms with van der Waals surface area (Å²) in [7, 11) is 4.25. The first kappa shape index (κ1) is 16.4. The number of benzene rings is 1. The molecule has 1 heterocycles. The summed E-state index contributed by atoms with van der Waals surface area (Å²) in [5, 5.41) is 4.76. The van der Waals surface area contributed by atoms with Gasteiger partial charge in [0.05, 0.1) is 6.04 Å². The zero-order valence-corrected chi connectivity index (χ0v) is 14.4. The van der Waals surface area contributed by atoms with E-state index < -0.39 is 0 Å². The van der Waals surface area contributed by atoms with Gasteiger partial charge in [0.1, 0.15) is 0 Å². The van der Waals surface area contributed by atoms with Crippen molar-refractivity contribution < 1.29 is 0 Å². The Morgan fingerprint density at radius 3 is 2.62 bits per heavy atom. The van der Waals surface area contributed by atoms with Gasteiger partial charge in [-0.25, -0.2) is 0 Å². The lowest BCUT2D eigenvalue weighted by molar-refractivity contribution is 0.314. The molecule has 1 aliphatic rings. The van der Waals surface area contributed by atoms with Crippen molar-refractivity contribution in [3.63, 3.8) is 0 Å². The van der Waals surface area contributed by atoms with E-state index in [1.54, 1.807) is 0 Å². The first-order chi connectivity index (χ1) is 10.0. The number of nitrogens with one attached hydrogen (secondary N) is 1. The maximum absolute atomic E-state index is 4.86. The SMILES string of the molecule is CC(C)C(CN(C)C)NC1=NC(Cc2ccccc2)CS1. The molecule has 1 aliphatic heterocycles. The molecule has 0 spiro atoms. The normalized spacial score (nSPS) is 19.9. The van der Waals surface area contributed by atoms with Crippen LogP contribution in [0.15, 0.2) is 35.3 Å². The topological polar surface area (TPSA) is 27.6 Å². The van der Waals surface area contributed by atoms with E-state index in [-0.39, 0.29) is 0 Å². The minimum absolute atomic E-state index is 0.409. The molecule has 0 fully saturated rings. The molecule has 2 unspecified atom stereocenters. The largest absolute Gasteiger partial charge is 0.361 e. The monoisotopic (exact) mass is 305 g/mol. The second kappa shape index (κ2) is 7.85. The summed E-state index contributed by atoms with van der Waals surface area (Å²) in [6.45, 7) is 5.58. The van der Waals surface area contributed by atoms with Crippen LogP contribution in [0.1, 0.15) is 19.4 Å². The Labute approximate surface area is 133 Å². The van der Waals surface area contributed by atoms with Gasteiger partial charge in [0.15, 0.2) is 5.17 Å². The Morgan fingerprint density at radius 2 is 2.00 bits per heavy atom. The van der Waals surface area contributed by atoms with Crippen LogP contribution in [0.2, 0.25) is 0 Å². The summed E-state index contributed by atoms with van der Waals surface area (Å²) in [6.07, 6.45) is 1.04. The highest BCUT2D eigenvalue weighted by molar-refractivity contribution is 8.14. The van der Waals surface area contributed by atoms with Crippen LogP contribution in [0.4, 0.5) is 0 Å². The fourth-order valence-corrected chi connectivity index (χ4v) is 3.46. The third-order valence-corrected chi connectivity index (χ3v) is 4.75. The number of rotatable bonds is 6. The van der Waals surface area contributed by atoms with Gasteiger partial charge >= 0.3 is 0 Å². The lowest BCUT2D eigenvalue weighted by Crippen LogP contribution is -2.43. The fraction of sp³-hybridized carbons (Fsp3) is 0.588. The molecule has 0 radical (unpaired) electrons. The van der Waals surface area contributed by atoms with Crippen LogP contribution in [0.5, 0.6) is 0 Å². The zero-order valence-electron chi connectivity index (χ0n) is 13.5. The number of hydrogen-bond acceptors (Lipinski definition) is 4. The fourth-order valence-electron chi connectivity index (χ4n) is 2.46. The molecule has 0 bridgehead atoms. The van der Waals surface area contributed by atoms with Crippen molar-refractivity contribution in [3.8, 4) is 0 Å². The molecule has 1 aromatic carbocycles. The summed E-state index contributed by atoms with van der Waals surface area (Å²) in [5.74, 6) is 1.69. The summed E-state index contributed by atoms with van der Waals surface area (Å²) >= 11 is 1.86. The van der Waals surface area contributed by atoms with Crippen molar-refractivity contribution in [1.29, 1.82) is 0 Å². The summed E-state index contributed by atoms with van der Waals surface area (Å²) in [5.41, 5.74) is 1.38. The van der Waals surface area contributed by atoms with Crippen molar-refractivity contribution >= 4 is 16.9 Å². The standard InChI is InChI=1S/C17H27N3S/c1-13(2)16(11-20(3)4)19-17-18-15(12-21-17)10-14-8-6-5-7-9-14/h5-9,13,15-16H,10-12H2,1-4H3,(H,18,19). The Bertz CT molecular complexity index is 456. The van der Waals surface area contributed by atoms with Crippen molar-refractivity contribution in [2.75, 3.05) is 26.4 Å². The molecule has 1 N–H and O–H groups in total. The second-order valence-electron chi connectivity index (χ2n) is 6.35. The number of amidine groups is 1. The quantitative estimate of drug-likeness (QED) is 0.876. The van der Waals surface area contributed by atoms with Gasteiger partial charge in [-0.05, 0) is 32.0 Å². The van der Waals surface area contributed by atoms with Gasteiger partial charge in [0, 0.05) is 18.3 Å².